The topological polar surface area (TPSA) is 66.5 Å². The van der Waals surface area contributed by atoms with Gasteiger partial charge in [-0.15, -0.1) is 0 Å². The zero-order chi connectivity index (χ0) is 17.1. The second kappa shape index (κ2) is 7.11. The van der Waals surface area contributed by atoms with Crippen LogP contribution >= 0.6 is 0 Å². The number of carbonyl (C=O) groups excluding carboxylic acids is 1. The van der Waals surface area contributed by atoms with Crippen LogP contribution in [0.5, 0.6) is 0 Å². The number of morpholine rings is 1. The zero-order valence-corrected chi connectivity index (χ0v) is 14.1. The SMILES string of the molecule is O=C(Nc1ccc(N2CCOCC2)nc1)N[C@@H]1CCc2ccccc21. The van der Waals surface area contributed by atoms with Crippen LogP contribution in [0, 0.1) is 0 Å². The van der Waals surface area contributed by atoms with Crippen LogP contribution in [0.2, 0.25) is 0 Å². The smallest absolute Gasteiger partial charge is 0.319 e. The molecule has 1 aromatic carbocycles. The summed E-state index contributed by atoms with van der Waals surface area (Å²) >= 11 is 0. The number of aryl methyl sites for hydroxylation is 1. The fourth-order valence-corrected chi connectivity index (χ4v) is 3.47. The van der Waals surface area contributed by atoms with Gasteiger partial charge in [-0.25, -0.2) is 9.78 Å². The molecule has 6 heteroatoms. The third kappa shape index (κ3) is 3.58. The monoisotopic (exact) mass is 338 g/mol. The van der Waals surface area contributed by atoms with Gasteiger partial charge in [0.05, 0.1) is 31.1 Å². The van der Waals surface area contributed by atoms with E-state index in [2.05, 4.69) is 32.7 Å². The van der Waals surface area contributed by atoms with Gasteiger partial charge in [-0.2, -0.15) is 0 Å². The third-order valence-electron chi connectivity index (χ3n) is 4.78. The Labute approximate surface area is 147 Å². The number of hydrogen-bond acceptors (Lipinski definition) is 4. The number of fused-ring (bicyclic) bond motifs is 1. The fourth-order valence-electron chi connectivity index (χ4n) is 3.47. The highest BCUT2D eigenvalue weighted by Gasteiger charge is 2.23. The molecule has 1 aliphatic heterocycles. The van der Waals surface area contributed by atoms with Gasteiger partial charge in [-0.1, -0.05) is 24.3 Å². The number of amides is 2. The minimum atomic E-state index is -0.192. The molecule has 2 heterocycles. The Bertz CT molecular complexity index is 741. The Kier molecular flexibility index (Phi) is 4.52. The summed E-state index contributed by atoms with van der Waals surface area (Å²) in [5, 5.41) is 5.93. The first kappa shape index (κ1) is 15.9. The summed E-state index contributed by atoms with van der Waals surface area (Å²) in [4.78, 5) is 18.9. The number of nitrogens with one attached hydrogen (secondary N) is 2. The number of anilines is 2. The molecule has 2 aliphatic rings. The molecule has 0 spiro atoms. The number of hydrogen-bond donors (Lipinski definition) is 2. The molecule has 0 radical (unpaired) electrons. The number of benzene rings is 1. The molecule has 0 unspecified atom stereocenters. The molecule has 2 N–H and O–H groups in total. The molecule has 1 aromatic heterocycles. The first-order valence-corrected chi connectivity index (χ1v) is 8.74. The summed E-state index contributed by atoms with van der Waals surface area (Å²) in [5.41, 5.74) is 3.24. The van der Waals surface area contributed by atoms with Crippen molar-refractivity contribution in [3.05, 3.63) is 53.7 Å². The van der Waals surface area contributed by atoms with Gasteiger partial charge in [-0.3, -0.25) is 0 Å². The van der Waals surface area contributed by atoms with E-state index in [1.807, 2.05) is 24.3 Å². The van der Waals surface area contributed by atoms with Crippen molar-refractivity contribution in [2.75, 3.05) is 36.5 Å². The highest BCUT2D eigenvalue weighted by molar-refractivity contribution is 5.89. The van der Waals surface area contributed by atoms with E-state index in [0.717, 1.165) is 45.0 Å². The van der Waals surface area contributed by atoms with Crippen molar-refractivity contribution in [2.24, 2.45) is 0 Å². The number of urea groups is 1. The summed E-state index contributed by atoms with van der Waals surface area (Å²) in [6.07, 6.45) is 3.66. The lowest BCUT2D eigenvalue weighted by Gasteiger charge is -2.27. The van der Waals surface area contributed by atoms with E-state index >= 15 is 0 Å². The Morgan fingerprint density at radius 3 is 2.80 bits per heavy atom. The molecule has 1 atom stereocenters. The van der Waals surface area contributed by atoms with Crippen molar-refractivity contribution in [1.29, 1.82) is 0 Å². The van der Waals surface area contributed by atoms with E-state index in [4.69, 9.17) is 4.74 Å². The predicted molar refractivity (Wildman–Crippen MR) is 96.9 cm³/mol. The maximum atomic E-state index is 12.3. The average molecular weight is 338 g/mol. The van der Waals surface area contributed by atoms with Crippen LogP contribution in [-0.4, -0.2) is 37.3 Å². The van der Waals surface area contributed by atoms with Gasteiger partial charge >= 0.3 is 6.03 Å². The van der Waals surface area contributed by atoms with E-state index in [0.29, 0.717) is 5.69 Å². The highest BCUT2D eigenvalue weighted by atomic mass is 16.5. The van der Waals surface area contributed by atoms with E-state index in [1.165, 1.54) is 11.1 Å². The van der Waals surface area contributed by atoms with Crippen LogP contribution in [0.4, 0.5) is 16.3 Å². The van der Waals surface area contributed by atoms with E-state index in [9.17, 15) is 4.79 Å². The van der Waals surface area contributed by atoms with Crippen LogP contribution in [0.1, 0.15) is 23.6 Å². The maximum absolute atomic E-state index is 12.3. The second-order valence-corrected chi connectivity index (χ2v) is 6.39. The van der Waals surface area contributed by atoms with Crippen LogP contribution in [0.3, 0.4) is 0 Å². The molecule has 1 aliphatic carbocycles. The van der Waals surface area contributed by atoms with Crippen LogP contribution in [0.15, 0.2) is 42.6 Å². The molecule has 1 fully saturated rings. The number of pyridine rings is 1. The first-order valence-electron chi connectivity index (χ1n) is 8.74. The number of carbonyl (C=O) groups is 1. The predicted octanol–water partition coefficient (Wildman–Crippen LogP) is 2.73. The van der Waals surface area contributed by atoms with Gasteiger partial charge in [0.1, 0.15) is 5.82 Å². The van der Waals surface area contributed by atoms with Crippen molar-refractivity contribution in [2.45, 2.75) is 18.9 Å². The summed E-state index contributed by atoms with van der Waals surface area (Å²) < 4.78 is 5.35. The second-order valence-electron chi connectivity index (χ2n) is 6.39. The van der Waals surface area contributed by atoms with Crippen LogP contribution < -0.4 is 15.5 Å². The zero-order valence-electron chi connectivity index (χ0n) is 14.1. The minimum absolute atomic E-state index is 0.0804. The van der Waals surface area contributed by atoms with Crippen molar-refractivity contribution in [1.82, 2.24) is 10.3 Å². The summed E-state index contributed by atoms with van der Waals surface area (Å²) in [5.74, 6) is 0.916. The normalized spacial score (nSPS) is 19.4. The van der Waals surface area contributed by atoms with Crippen molar-refractivity contribution < 1.29 is 9.53 Å². The molecule has 25 heavy (non-hydrogen) atoms. The van der Waals surface area contributed by atoms with Gasteiger partial charge in [0.2, 0.25) is 0 Å². The molecule has 2 amide bonds. The lowest BCUT2D eigenvalue weighted by Crippen LogP contribution is -2.36. The Morgan fingerprint density at radius 1 is 1.16 bits per heavy atom. The van der Waals surface area contributed by atoms with Gasteiger partial charge in [0.15, 0.2) is 0 Å². The van der Waals surface area contributed by atoms with Gasteiger partial charge in [0, 0.05) is 13.1 Å². The largest absolute Gasteiger partial charge is 0.378 e. The van der Waals surface area contributed by atoms with E-state index in [1.54, 1.807) is 6.20 Å². The van der Waals surface area contributed by atoms with E-state index in [-0.39, 0.29) is 12.1 Å². The lowest BCUT2D eigenvalue weighted by atomic mass is 10.1. The average Bonchev–Trinajstić information content (AvgIpc) is 3.06. The third-order valence-corrected chi connectivity index (χ3v) is 4.78. The Balaban J connectivity index is 1.35. The Hall–Kier alpha value is -2.60. The van der Waals surface area contributed by atoms with Crippen molar-refractivity contribution in [3.63, 3.8) is 0 Å². The molecular formula is C19H22N4O2. The molecule has 0 saturated carbocycles. The number of ether oxygens (including phenoxy) is 1. The molecular weight excluding hydrogens is 316 g/mol. The van der Waals surface area contributed by atoms with Crippen LogP contribution in [-0.2, 0) is 11.2 Å². The standard InChI is InChI=1S/C19H22N4O2/c24-19(22-17-7-5-14-3-1-2-4-16(14)17)21-15-6-8-18(20-13-15)23-9-11-25-12-10-23/h1-4,6,8,13,17H,5,7,9-12H2,(H2,21,22,24)/t17-/m1/s1. The summed E-state index contributed by atoms with van der Waals surface area (Å²) in [7, 11) is 0. The molecule has 2 aromatic rings. The summed E-state index contributed by atoms with van der Waals surface area (Å²) in [6, 6.07) is 12.0. The molecule has 4 rings (SSSR count). The molecule has 6 nitrogen and oxygen atoms in total. The number of nitrogens with zero attached hydrogens (tertiary/aromatic N) is 2. The Morgan fingerprint density at radius 2 is 2.00 bits per heavy atom. The minimum Gasteiger partial charge on any atom is -0.378 e. The first-order chi connectivity index (χ1) is 12.3. The lowest BCUT2D eigenvalue weighted by molar-refractivity contribution is 0.122. The number of rotatable bonds is 3. The number of aromatic nitrogens is 1. The van der Waals surface area contributed by atoms with E-state index < -0.39 is 0 Å². The van der Waals surface area contributed by atoms with Gasteiger partial charge < -0.3 is 20.3 Å². The summed E-state index contributed by atoms with van der Waals surface area (Å²) in [6.45, 7) is 3.16. The van der Waals surface area contributed by atoms with Crippen LogP contribution in [0.25, 0.3) is 0 Å². The molecule has 1 saturated heterocycles. The van der Waals surface area contributed by atoms with Crippen molar-refractivity contribution >= 4 is 17.5 Å². The molecule has 0 bridgehead atoms. The maximum Gasteiger partial charge on any atom is 0.319 e. The highest BCUT2D eigenvalue weighted by Crippen LogP contribution is 2.30. The van der Waals surface area contributed by atoms with Crippen molar-refractivity contribution in [3.8, 4) is 0 Å². The quantitative estimate of drug-likeness (QED) is 0.903. The van der Waals surface area contributed by atoms with Gasteiger partial charge in [0.25, 0.3) is 0 Å². The fraction of sp³-hybridized carbons (Fsp3) is 0.368. The van der Waals surface area contributed by atoms with Gasteiger partial charge in [-0.05, 0) is 36.1 Å². The molecule has 130 valence electrons.